The number of rotatable bonds is 3. The Kier molecular flexibility index (Phi) is 4.72. The minimum absolute atomic E-state index is 0.0216. The van der Waals surface area contributed by atoms with Gasteiger partial charge in [0.2, 0.25) is 0 Å². The number of sulfonamides is 1. The zero-order valence-electron chi connectivity index (χ0n) is 11.0. The highest BCUT2D eigenvalue weighted by molar-refractivity contribution is 9.11. The first-order chi connectivity index (χ1) is 9.63. The summed E-state index contributed by atoms with van der Waals surface area (Å²) in [5, 5.41) is 3.92. The average Bonchev–Trinajstić information content (AvgIpc) is 2.58. The number of nitrogen functional groups attached to an aromatic ring is 1. The summed E-state index contributed by atoms with van der Waals surface area (Å²) in [6, 6.07) is 3.48. The molecule has 10 heteroatoms. The van der Waals surface area contributed by atoms with Crippen LogP contribution in [0.2, 0.25) is 0 Å². The van der Waals surface area contributed by atoms with Crippen LogP contribution in [0.25, 0.3) is 0 Å². The van der Waals surface area contributed by atoms with Crippen molar-refractivity contribution in [2.24, 2.45) is 7.05 Å². The smallest absolute Gasteiger partial charge is 0.267 e. The molecule has 0 amide bonds. The summed E-state index contributed by atoms with van der Waals surface area (Å²) >= 11 is 9.98. The molecule has 0 saturated heterocycles. The number of benzene rings is 1. The first-order valence-corrected chi connectivity index (χ1v) is 9.46. The van der Waals surface area contributed by atoms with Crippen molar-refractivity contribution in [3.8, 4) is 0 Å². The lowest BCUT2D eigenvalue weighted by atomic mass is 10.3. The topological polar surface area (TPSA) is 90.0 Å². The Morgan fingerprint density at radius 1 is 1.24 bits per heavy atom. The Morgan fingerprint density at radius 3 is 2.19 bits per heavy atom. The molecule has 0 aliphatic rings. The fraction of sp³-hybridized carbons (Fsp3) is 0.182. The van der Waals surface area contributed by atoms with Gasteiger partial charge < -0.3 is 5.73 Å². The van der Waals surface area contributed by atoms with Crippen LogP contribution in [-0.4, -0.2) is 18.2 Å². The molecule has 114 valence electrons. The first-order valence-electron chi connectivity index (χ1n) is 5.60. The molecule has 0 radical (unpaired) electrons. The molecule has 6 nitrogen and oxygen atoms in total. The van der Waals surface area contributed by atoms with Gasteiger partial charge in [-0.25, -0.2) is 8.42 Å². The molecule has 0 bridgehead atoms. The van der Waals surface area contributed by atoms with E-state index in [2.05, 4.69) is 57.6 Å². The van der Waals surface area contributed by atoms with E-state index in [0.29, 0.717) is 20.3 Å². The summed E-state index contributed by atoms with van der Waals surface area (Å²) < 4.78 is 31.0. The molecule has 3 N–H and O–H groups in total. The van der Waals surface area contributed by atoms with E-state index in [0.717, 1.165) is 4.47 Å². The van der Waals surface area contributed by atoms with Gasteiger partial charge in [-0.3, -0.25) is 9.40 Å². The minimum atomic E-state index is -3.85. The summed E-state index contributed by atoms with van der Waals surface area (Å²) in [6.45, 7) is 1.64. The number of nitrogens with two attached hydrogens (primary N) is 1. The van der Waals surface area contributed by atoms with Crippen LogP contribution in [0.3, 0.4) is 0 Å². The first kappa shape index (κ1) is 16.8. The quantitative estimate of drug-likeness (QED) is 0.673. The van der Waals surface area contributed by atoms with E-state index < -0.39 is 10.0 Å². The summed E-state index contributed by atoms with van der Waals surface area (Å²) in [4.78, 5) is -0.0216. The van der Waals surface area contributed by atoms with Crippen molar-refractivity contribution in [1.29, 1.82) is 0 Å². The molecule has 1 aromatic heterocycles. The maximum Gasteiger partial charge on any atom is 0.267 e. The molecular formula is C11H11Br3N4O2S. The molecule has 21 heavy (non-hydrogen) atoms. The van der Waals surface area contributed by atoms with E-state index >= 15 is 0 Å². The Morgan fingerprint density at radius 2 is 1.76 bits per heavy atom. The van der Waals surface area contributed by atoms with Crippen molar-refractivity contribution >= 4 is 69.3 Å². The lowest BCUT2D eigenvalue weighted by Crippen LogP contribution is -2.16. The molecule has 0 saturated carbocycles. The number of nitrogens with zero attached hydrogens (tertiary/aromatic N) is 2. The van der Waals surface area contributed by atoms with E-state index in [1.807, 2.05) is 0 Å². The van der Waals surface area contributed by atoms with Gasteiger partial charge in [0.1, 0.15) is 0 Å². The lowest BCUT2D eigenvalue weighted by Gasteiger charge is -2.12. The molecule has 0 aliphatic heterocycles. The molecule has 0 fully saturated rings. The van der Waals surface area contributed by atoms with Crippen LogP contribution < -0.4 is 10.5 Å². The molecule has 1 heterocycles. The summed E-state index contributed by atoms with van der Waals surface area (Å²) in [5.41, 5.74) is 6.55. The average molecular weight is 503 g/mol. The second-order valence-corrected chi connectivity index (χ2v) is 8.52. The van der Waals surface area contributed by atoms with Crippen molar-refractivity contribution in [1.82, 2.24) is 9.78 Å². The van der Waals surface area contributed by atoms with E-state index in [-0.39, 0.29) is 10.7 Å². The molecule has 2 aromatic rings. The second-order valence-electron chi connectivity index (χ2n) is 4.27. The third-order valence-corrected chi connectivity index (χ3v) is 6.04. The van der Waals surface area contributed by atoms with Gasteiger partial charge in [-0.2, -0.15) is 5.10 Å². The van der Waals surface area contributed by atoms with Crippen molar-refractivity contribution in [2.45, 2.75) is 11.8 Å². The Labute approximate surface area is 147 Å². The third kappa shape index (κ3) is 3.27. The Bertz CT molecular complexity index is 794. The van der Waals surface area contributed by atoms with Crippen molar-refractivity contribution in [3.05, 3.63) is 31.2 Å². The van der Waals surface area contributed by atoms with Crippen LogP contribution in [0.1, 0.15) is 5.69 Å². The van der Waals surface area contributed by atoms with E-state index in [4.69, 9.17) is 5.73 Å². The van der Waals surface area contributed by atoms with Crippen LogP contribution in [0.15, 0.2) is 30.4 Å². The van der Waals surface area contributed by atoms with Crippen LogP contribution >= 0.6 is 47.8 Å². The number of aromatic nitrogens is 2. The number of anilines is 2. The van der Waals surface area contributed by atoms with Crippen molar-refractivity contribution < 1.29 is 8.42 Å². The standard InChI is InChI=1S/C11H11Br3N4O2S/c1-5-10(11(15)16-18(5)2)21(19,20)17-9-7(13)3-6(12)4-8(9)14/h3-4,17H,1-2H3,(H2,15,16). The van der Waals surface area contributed by atoms with Gasteiger partial charge in [0.15, 0.2) is 10.7 Å². The maximum absolute atomic E-state index is 12.5. The highest BCUT2D eigenvalue weighted by Gasteiger charge is 2.26. The lowest BCUT2D eigenvalue weighted by molar-refractivity contribution is 0.600. The SMILES string of the molecule is Cc1c(S(=O)(=O)Nc2c(Br)cc(Br)cc2Br)c(N)nn1C. The van der Waals surface area contributed by atoms with Crippen LogP contribution in [0.4, 0.5) is 11.5 Å². The minimum Gasteiger partial charge on any atom is -0.381 e. The van der Waals surface area contributed by atoms with Gasteiger partial charge in [-0.05, 0) is 50.9 Å². The van der Waals surface area contributed by atoms with Gasteiger partial charge in [0, 0.05) is 20.5 Å². The zero-order valence-corrected chi connectivity index (χ0v) is 16.6. The molecular weight excluding hydrogens is 492 g/mol. The largest absolute Gasteiger partial charge is 0.381 e. The van der Waals surface area contributed by atoms with Gasteiger partial charge >= 0.3 is 0 Å². The fourth-order valence-corrected chi connectivity index (χ4v) is 5.92. The number of aryl methyl sites for hydroxylation is 1. The predicted molar refractivity (Wildman–Crippen MR) is 92.7 cm³/mol. The molecule has 0 unspecified atom stereocenters. The van der Waals surface area contributed by atoms with Crippen LogP contribution in [0, 0.1) is 6.92 Å². The van der Waals surface area contributed by atoms with Gasteiger partial charge in [-0.1, -0.05) is 15.9 Å². The molecule has 1 aromatic carbocycles. The highest BCUT2D eigenvalue weighted by Crippen LogP contribution is 2.36. The second kappa shape index (κ2) is 5.90. The highest BCUT2D eigenvalue weighted by atomic mass is 79.9. The molecule has 2 rings (SSSR count). The number of hydrogen-bond acceptors (Lipinski definition) is 4. The number of hydrogen-bond donors (Lipinski definition) is 2. The van der Waals surface area contributed by atoms with E-state index in [1.54, 1.807) is 26.1 Å². The Balaban J connectivity index is 2.53. The van der Waals surface area contributed by atoms with Crippen molar-refractivity contribution in [3.63, 3.8) is 0 Å². The van der Waals surface area contributed by atoms with Gasteiger partial charge in [0.05, 0.1) is 11.4 Å². The van der Waals surface area contributed by atoms with Crippen LogP contribution in [-0.2, 0) is 17.1 Å². The molecule has 0 spiro atoms. The number of nitrogens with one attached hydrogen (secondary N) is 1. The van der Waals surface area contributed by atoms with Gasteiger partial charge in [-0.15, -0.1) is 0 Å². The predicted octanol–water partition coefficient (Wildman–Crippen LogP) is 3.40. The monoisotopic (exact) mass is 500 g/mol. The summed E-state index contributed by atoms with van der Waals surface area (Å²) in [6.07, 6.45) is 0. The Hall–Kier alpha value is -0.580. The summed E-state index contributed by atoms with van der Waals surface area (Å²) in [7, 11) is -2.21. The van der Waals surface area contributed by atoms with Crippen molar-refractivity contribution in [2.75, 3.05) is 10.5 Å². The molecule has 0 atom stereocenters. The van der Waals surface area contributed by atoms with E-state index in [9.17, 15) is 8.42 Å². The maximum atomic E-state index is 12.5. The third-order valence-electron chi connectivity index (χ3n) is 2.82. The number of halogens is 3. The fourth-order valence-electron chi connectivity index (χ4n) is 1.77. The normalized spacial score (nSPS) is 11.7. The zero-order chi connectivity index (χ0) is 15.9. The van der Waals surface area contributed by atoms with E-state index in [1.165, 1.54) is 4.68 Å². The molecule has 0 aliphatic carbocycles. The summed E-state index contributed by atoms with van der Waals surface area (Å²) in [5.74, 6) is -0.0353. The van der Waals surface area contributed by atoms with Gasteiger partial charge in [0.25, 0.3) is 10.0 Å². The van der Waals surface area contributed by atoms with Crippen LogP contribution in [0.5, 0.6) is 0 Å².